The Hall–Kier alpha value is -6.21. The molecule has 0 bridgehead atoms. The Bertz CT molecular complexity index is 3100. The average molecular weight is 823 g/mol. The normalized spacial score (nSPS) is 13.4. The molecular weight excluding hydrogens is 769 g/mol. The van der Waals surface area contributed by atoms with Gasteiger partial charge in [0.1, 0.15) is 0 Å². The van der Waals surface area contributed by atoms with Gasteiger partial charge in [-0.1, -0.05) is 179 Å². The van der Waals surface area contributed by atoms with E-state index in [1.165, 1.54) is 82.0 Å². The summed E-state index contributed by atoms with van der Waals surface area (Å²) in [5, 5.41) is 10.7. The summed E-state index contributed by atoms with van der Waals surface area (Å²) in [5.41, 5.74) is 12.2. The predicted molar refractivity (Wildman–Crippen MR) is 272 cm³/mol. The fraction of sp³-hybridized carbons (Fsp3) is 0.158. The minimum absolute atomic E-state index is 0.289. The Morgan fingerprint density at radius 1 is 0.344 bits per heavy atom. The Labute approximate surface area is 363 Å². The van der Waals surface area contributed by atoms with E-state index in [-0.39, 0.29) is 5.41 Å². The number of anilines is 6. The van der Waals surface area contributed by atoms with Crippen LogP contribution in [0.3, 0.4) is 0 Å². The zero-order valence-electron chi connectivity index (χ0n) is 36.7. The molecular formula is C57H54N2Si2. The molecule has 10 rings (SSSR count). The van der Waals surface area contributed by atoms with Crippen molar-refractivity contribution in [2.45, 2.75) is 58.5 Å². The molecule has 0 N–H and O–H groups in total. The van der Waals surface area contributed by atoms with Gasteiger partial charge in [-0.3, -0.25) is 0 Å². The van der Waals surface area contributed by atoms with Crippen molar-refractivity contribution in [3.05, 3.63) is 193 Å². The van der Waals surface area contributed by atoms with E-state index in [4.69, 9.17) is 0 Å². The minimum Gasteiger partial charge on any atom is -0.310 e. The van der Waals surface area contributed by atoms with Crippen molar-refractivity contribution in [3.8, 4) is 11.1 Å². The van der Waals surface area contributed by atoms with Crippen LogP contribution < -0.4 is 20.2 Å². The molecule has 0 aromatic heterocycles. The maximum atomic E-state index is 2.52. The van der Waals surface area contributed by atoms with Gasteiger partial charge in [-0.15, -0.1) is 0 Å². The summed E-state index contributed by atoms with van der Waals surface area (Å²) in [6, 6.07) is 68.4. The van der Waals surface area contributed by atoms with Crippen LogP contribution in [0, 0.1) is 0 Å². The summed E-state index contributed by atoms with van der Waals surface area (Å²) in [5.74, 6) is 0. The number of fused-ring (bicyclic) bond motifs is 10. The standard InChI is InChI=1S/C57H54N2Si2/c1-57(2)52-38-53(59(40-21-13-10-14-22-40)42-29-34-45(35-30-42)61(6,7)8)47-24-16-18-26-49(47)54(52)55-48-25-17-15-23-46(48)51-37-43(31-36-50(51)56(55)57)58(39-19-11-9-12-20-39)41-27-32-44(33-28-41)60(3,4)5/h9-38H,1-8H3. The second-order valence-electron chi connectivity index (χ2n) is 19.4. The first-order chi connectivity index (χ1) is 29.3. The lowest BCUT2D eigenvalue weighted by atomic mass is 9.79. The molecule has 0 aliphatic heterocycles. The minimum atomic E-state index is -1.48. The smallest absolute Gasteiger partial charge is 0.0775 e. The Balaban J connectivity index is 1.21. The van der Waals surface area contributed by atoms with Gasteiger partial charge in [0.15, 0.2) is 0 Å². The third-order valence-corrected chi connectivity index (χ3v) is 17.2. The molecule has 0 heterocycles. The van der Waals surface area contributed by atoms with E-state index < -0.39 is 16.1 Å². The molecule has 0 spiro atoms. The number of para-hydroxylation sites is 2. The highest BCUT2D eigenvalue weighted by Gasteiger charge is 2.41. The molecule has 2 nitrogen and oxygen atoms in total. The van der Waals surface area contributed by atoms with Crippen LogP contribution in [0.25, 0.3) is 43.4 Å². The van der Waals surface area contributed by atoms with Gasteiger partial charge in [0, 0.05) is 39.2 Å². The molecule has 0 saturated heterocycles. The van der Waals surface area contributed by atoms with Gasteiger partial charge in [-0.05, 0) is 116 Å². The van der Waals surface area contributed by atoms with Gasteiger partial charge in [-0.2, -0.15) is 0 Å². The van der Waals surface area contributed by atoms with Crippen molar-refractivity contribution < 1.29 is 0 Å². The second kappa shape index (κ2) is 14.5. The maximum Gasteiger partial charge on any atom is 0.0775 e. The van der Waals surface area contributed by atoms with Crippen molar-refractivity contribution in [2.75, 3.05) is 9.80 Å². The summed E-state index contributed by atoms with van der Waals surface area (Å²) in [6.07, 6.45) is 0. The molecule has 0 saturated carbocycles. The van der Waals surface area contributed by atoms with Crippen LogP contribution in [0.2, 0.25) is 39.3 Å². The quantitative estimate of drug-likeness (QED) is 0.111. The Kier molecular flexibility index (Phi) is 9.24. The van der Waals surface area contributed by atoms with Gasteiger partial charge >= 0.3 is 0 Å². The van der Waals surface area contributed by atoms with E-state index in [1.807, 2.05) is 0 Å². The second-order valence-corrected chi connectivity index (χ2v) is 29.6. The molecule has 0 fully saturated rings. The molecule has 1 aliphatic carbocycles. The van der Waals surface area contributed by atoms with E-state index >= 15 is 0 Å². The summed E-state index contributed by atoms with van der Waals surface area (Å²) >= 11 is 0. The first kappa shape index (κ1) is 39.0. The predicted octanol–water partition coefficient (Wildman–Crippen LogP) is 15.5. The van der Waals surface area contributed by atoms with Crippen LogP contribution in [-0.2, 0) is 5.41 Å². The van der Waals surface area contributed by atoms with Crippen LogP contribution in [0.15, 0.2) is 182 Å². The summed E-state index contributed by atoms with van der Waals surface area (Å²) in [6.45, 7) is 19.4. The van der Waals surface area contributed by atoms with E-state index in [2.05, 4.69) is 245 Å². The number of hydrogen-bond donors (Lipinski definition) is 0. The van der Waals surface area contributed by atoms with Gasteiger partial charge in [0.2, 0.25) is 0 Å². The van der Waals surface area contributed by atoms with Crippen molar-refractivity contribution >= 4 is 93.0 Å². The van der Waals surface area contributed by atoms with Crippen molar-refractivity contribution in [1.29, 1.82) is 0 Å². The van der Waals surface area contributed by atoms with Gasteiger partial charge in [-0.25, -0.2) is 0 Å². The van der Waals surface area contributed by atoms with Gasteiger partial charge < -0.3 is 9.80 Å². The molecule has 61 heavy (non-hydrogen) atoms. The number of benzene rings is 9. The third kappa shape index (κ3) is 6.52. The topological polar surface area (TPSA) is 6.48 Å². The number of hydrogen-bond acceptors (Lipinski definition) is 2. The largest absolute Gasteiger partial charge is 0.310 e. The van der Waals surface area contributed by atoms with Crippen molar-refractivity contribution in [2.24, 2.45) is 0 Å². The maximum absolute atomic E-state index is 2.52. The molecule has 0 radical (unpaired) electrons. The van der Waals surface area contributed by atoms with E-state index in [0.29, 0.717) is 0 Å². The van der Waals surface area contributed by atoms with Gasteiger partial charge in [0.05, 0.1) is 21.8 Å². The molecule has 9 aromatic carbocycles. The number of nitrogens with zero attached hydrogens (tertiary/aromatic N) is 2. The first-order valence-corrected chi connectivity index (χ1v) is 28.8. The van der Waals surface area contributed by atoms with Gasteiger partial charge in [0.25, 0.3) is 0 Å². The van der Waals surface area contributed by atoms with Crippen LogP contribution in [0.1, 0.15) is 25.0 Å². The average Bonchev–Trinajstić information content (AvgIpc) is 3.51. The van der Waals surface area contributed by atoms with E-state index in [0.717, 1.165) is 17.1 Å². The highest BCUT2D eigenvalue weighted by molar-refractivity contribution is 6.89. The lowest BCUT2D eigenvalue weighted by Crippen LogP contribution is -2.37. The van der Waals surface area contributed by atoms with Crippen LogP contribution in [0.4, 0.5) is 34.1 Å². The fourth-order valence-electron chi connectivity index (χ4n) is 9.91. The fourth-order valence-corrected chi connectivity index (χ4v) is 12.2. The highest BCUT2D eigenvalue weighted by Crippen LogP contribution is 2.59. The van der Waals surface area contributed by atoms with E-state index in [9.17, 15) is 0 Å². The molecule has 9 aromatic rings. The summed E-state index contributed by atoms with van der Waals surface area (Å²) in [7, 11) is -2.94. The lowest BCUT2D eigenvalue weighted by molar-refractivity contribution is 0.667. The van der Waals surface area contributed by atoms with Crippen LogP contribution in [0.5, 0.6) is 0 Å². The Morgan fingerprint density at radius 3 is 1.31 bits per heavy atom. The molecule has 1 aliphatic rings. The first-order valence-electron chi connectivity index (χ1n) is 21.8. The number of rotatable bonds is 8. The zero-order valence-corrected chi connectivity index (χ0v) is 38.7. The SMILES string of the molecule is CC1(C)c2cc(N(c3ccccc3)c3ccc([Si](C)(C)C)cc3)c3ccccc3c2-c2c1c1ccc(N(c3ccccc3)c3ccc([Si](C)(C)C)cc3)cc1c1ccccc21. The molecule has 300 valence electrons. The van der Waals surface area contributed by atoms with Crippen molar-refractivity contribution in [3.63, 3.8) is 0 Å². The molecule has 4 heteroatoms. The summed E-state index contributed by atoms with van der Waals surface area (Å²) < 4.78 is 0. The molecule has 0 amide bonds. The third-order valence-electron chi connectivity index (χ3n) is 13.1. The Morgan fingerprint density at radius 2 is 0.770 bits per heavy atom. The molecule has 0 atom stereocenters. The summed E-state index contributed by atoms with van der Waals surface area (Å²) in [4.78, 5) is 4.90. The van der Waals surface area contributed by atoms with Crippen molar-refractivity contribution in [1.82, 2.24) is 0 Å². The van der Waals surface area contributed by atoms with E-state index in [1.54, 1.807) is 0 Å². The van der Waals surface area contributed by atoms with Crippen LogP contribution >= 0.6 is 0 Å². The zero-order chi connectivity index (χ0) is 42.3. The van der Waals surface area contributed by atoms with Crippen LogP contribution in [-0.4, -0.2) is 16.1 Å². The monoisotopic (exact) mass is 822 g/mol. The molecule has 0 unspecified atom stereocenters. The highest BCUT2D eigenvalue weighted by atomic mass is 28.3. The lowest BCUT2D eigenvalue weighted by Gasteiger charge is -2.30.